The molecule has 0 fully saturated rings. The first-order chi connectivity index (χ1) is 18.0. The Kier molecular flexibility index (Phi) is 8.78. The second kappa shape index (κ2) is 12.2. The number of fused-ring (bicyclic) bond motifs is 2. The fourth-order valence-corrected chi connectivity index (χ4v) is 3.81. The Bertz CT molecular complexity index is 1440. The molecule has 9 heteroatoms. The summed E-state index contributed by atoms with van der Waals surface area (Å²) in [5.41, 5.74) is 3.85. The van der Waals surface area contributed by atoms with E-state index in [1.165, 1.54) is 0 Å². The van der Waals surface area contributed by atoms with Gasteiger partial charge in [0.25, 0.3) is 0 Å². The number of aliphatic imine (C=N–C) groups is 1. The van der Waals surface area contributed by atoms with Crippen LogP contribution in [0.2, 0.25) is 0 Å². The van der Waals surface area contributed by atoms with Gasteiger partial charge in [0.15, 0.2) is 0 Å². The summed E-state index contributed by atoms with van der Waals surface area (Å²) in [7, 11) is 0. The maximum atomic E-state index is 6.15. The number of aryl methyl sites for hydroxylation is 1. The molecular formula is C29H28N6NbO2. The minimum atomic E-state index is -0.0139. The number of nitrogens with one attached hydrogen (secondary N) is 1. The number of nitrogens with zero attached hydrogens (tertiary/aromatic N) is 5. The van der Waals surface area contributed by atoms with Gasteiger partial charge < -0.3 is 19.8 Å². The first kappa shape index (κ1) is 27.3. The summed E-state index contributed by atoms with van der Waals surface area (Å²) in [6.07, 6.45) is 15.9. The van der Waals surface area contributed by atoms with Gasteiger partial charge in [-0.15, -0.1) is 6.07 Å². The molecule has 38 heavy (non-hydrogen) atoms. The van der Waals surface area contributed by atoms with Gasteiger partial charge in [0.05, 0.1) is 23.7 Å². The molecule has 3 aliphatic rings. The zero-order valence-electron chi connectivity index (χ0n) is 21.5. The van der Waals surface area contributed by atoms with E-state index < -0.39 is 0 Å². The van der Waals surface area contributed by atoms with Crippen LogP contribution in [0.4, 0.5) is 11.5 Å². The van der Waals surface area contributed by atoms with E-state index >= 15 is 0 Å². The Morgan fingerprint density at radius 1 is 1.16 bits per heavy atom. The minimum Gasteiger partial charge on any atom is -0.673 e. The zero-order chi connectivity index (χ0) is 25.7. The van der Waals surface area contributed by atoms with Crippen molar-refractivity contribution < 1.29 is 31.9 Å². The first-order valence-electron chi connectivity index (χ1n) is 12.1. The molecule has 1 aromatic heterocycles. The van der Waals surface area contributed by atoms with Crippen LogP contribution in [0.5, 0.6) is 5.75 Å². The summed E-state index contributed by atoms with van der Waals surface area (Å²) in [6, 6.07) is 14.7. The van der Waals surface area contributed by atoms with Crippen LogP contribution in [-0.4, -0.2) is 39.7 Å². The van der Waals surface area contributed by atoms with E-state index in [4.69, 9.17) is 9.47 Å². The number of ether oxygens (including phenoxy) is 2. The molecule has 0 amide bonds. The molecule has 3 aliphatic heterocycles. The Balaban J connectivity index is 0.000000367. The maximum Gasteiger partial charge on any atom is 2.00 e. The van der Waals surface area contributed by atoms with Gasteiger partial charge in [-0.25, -0.2) is 16.4 Å². The number of hydrazone groups is 1. The number of hydrogen-bond donors (Lipinski definition) is 1. The van der Waals surface area contributed by atoms with E-state index in [0.717, 1.165) is 58.0 Å². The van der Waals surface area contributed by atoms with Gasteiger partial charge in [-0.3, -0.25) is 4.98 Å². The number of hydrogen-bond acceptors (Lipinski definition) is 8. The molecule has 8 nitrogen and oxygen atoms in total. The fraction of sp³-hybridized carbons (Fsp3) is 0.241. The van der Waals surface area contributed by atoms with Gasteiger partial charge >= 0.3 is 22.4 Å². The first-order valence-corrected chi connectivity index (χ1v) is 12.1. The van der Waals surface area contributed by atoms with E-state index in [2.05, 4.69) is 43.9 Å². The van der Waals surface area contributed by atoms with Crippen LogP contribution in [0.3, 0.4) is 0 Å². The van der Waals surface area contributed by atoms with Crippen molar-refractivity contribution >= 4 is 35.0 Å². The van der Waals surface area contributed by atoms with Crippen molar-refractivity contribution in [3.63, 3.8) is 0 Å². The van der Waals surface area contributed by atoms with Gasteiger partial charge in [0.1, 0.15) is 17.8 Å². The predicted molar refractivity (Wildman–Crippen MR) is 146 cm³/mol. The quantitative estimate of drug-likeness (QED) is 0.302. The number of benzene rings is 2. The largest absolute Gasteiger partial charge is 2.00 e. The normalized spacial score (nSPS) is 16.7. The van der Waals surface area contributed by atoms with E-state index in [9.17, 15) is 0 Å². The van der Waals surface area contributed by atoms with Crippen molar-refractivity contribution in [1.82, 2.24) is 15.0 Å². The summed E-state index contributed by atoms with van der Waals surface area (Å²) >= 11 is 0. The number of rotatable bonds is 4. The smallest absolute Gasteiger partial charge is 0.673 e. The third-order valence-electron chi connectivity index (χ3n) is 5.77. The fourth-order valence-electron chi connectivity index (χ4n) is 3.81. The number of allylic oxidation sites excluding steroid dienone is 3. The maximum absolute atomic E-state index is 6.15. The minimum absolute atomic E-state index is 0. The average Bonchev–Trinajstić information content (AvgIpc) is 3.16. The predicted octanol–water partition coefficient (Wildman–Crippen LogP) is 5.94. The second-order valence-corrected chi connectivity index (χ2v) is 9.39. The van der Waals surface area contributed by atoms with Crippen LogP contribution in [-0.2, 0) is 27.1 Å². The third kappa shape index (κ3) is 6.77. The number of aromatic nitrogens is 2. The Morgan fingerprint density at radius 3 is 2.82 bits per heavy atom. The molecule has 0 atom stereocenters. The van der Waals surface area contributed by atoms with Crippen LogP contribution in [0.15, 0.2) is 88.7 Å². The van der Waals surface area contributed by atoms with Crippen LogP contribution in [0.25, 0.3) is 10.9 Å². The van der Waals surface area contributed by atoms with Crippen LogP contribution in [0.1, 0.15) is 32.3 Å². The third-order valence-corrected chi connectivity index (χ3v) is 5.77. The zero-order valence-corrected chi connectivity index (χ0v) is 23.7. The van der Waals surface area contributed by atoms with Crippen molar-refractivity contribution in [3.8, 4) is 5.75 Å². The molecule has 6 rings (SSSR count). The van der Waals surface area contributed by atoms with Crippen molar-refractivity contribution in [2.75, 3.05) is 11.9 Å². The van der Waals surface area contributed by atoms with E-state index in [-0.39, 0.29) is 27.9 Å². The molecule has 0 spiro atoms. The summed E-state index contributed by atoms with van der Waals surface area (Å²) in [6.45, 7) is 6.72. The average molecular weight is 585 g/mol. The molecule has 0 bridgehead atoms. The van der Waals surface area contributed by atoms with Crippen LogP contribution in [0, 0.1) is 13.0 Å². The molecule has 0 saturated heterocycles. The van der Waals surface area contributed by atoms with Gasteiger partial charge in [0.2, 0.25) is 0 Å². The summed E-state index contributed by atoms with van der Waals surface area (Å²) in [5.74, 6) is 2.35. The molecule has 0 unspecified atom stereocenters. The summed E-state index contributed by atoms with van der Waals surface area (Å²) < 4.78 is 10.9. The van der Waals surface area contributed by atoms with Crippen LogP contribution >= 0.6 is 0 Å². The van der Waals surface area contributed by atoms with E-state index in [0.29, 0.717) is 6.61 Å². The molecule has 0 aliphatic carbocycles. The summed E-state index contributed by atoms with van der Waals surface area (Å²) in [5, 5.41) is 10.6. The topological polar surface area (TPSA) is 84.2 Å². The van der Waals surface area contributed by atoms with Crippen molar-refractivity contribution in [3.05, 3.63) is 90.2 Å². The SMILES string of the molecule is CC1(C)CO[C-]=N1.Cc1cc(Nc2ncnc3cc[c-]cc23)ccc1OC1=CC2=CCCC=NN2C=C1.[Nb+2]. The van der Waals surface area contributed by atoms with Crippen molar-refractivity contribution in [2.45, 2.75) is 39.2 Å². The molecule has 191 valence electrons. The Morgan fingerprint density at radius 2 is 2.05 bits per heavy atom. The Labute approximate surface area is 238 Å². The van der Waals surface area contributed by atoms with E-state index in [1.54, 1.807) is 6.33 Å². The molecule has 4 heterocycles. The molecule has 3 aromatic rings. The van der Waals surface area contributed by atoms with Gasteiger partial charge in [-0.05, 0) is 69.0 Å². The number of anilines is 2. The van der Waals surface area contributed by atoms with Crippen molar-refractivity contribution in [1.29, 1.82) is 0 Å². The van der Waals surface area contributed by atoms with Gasteiger partial charge in [-0.2, -0.15) is 23.3 Å². The summed E-state index contributed by atoms with van der Waals surface area (Å²) in [4.78, 5) is 12.6. The van der Waals surface area contributed by atoms with Crippen LogP contribution < -0.4 is 10.1 Å². The van der Waals surface area contributed by atoms with E-state index in [1.807, 2.05) is 86.7 Å². The van der Waals surface area contributed by atoms with Gasteiger partial charge in [0, 0.05) is 24.2 Å². The van der Waals surface area contributed by atoms with Gasteiger partial charge in [-0.1, -0.05) is 11.5 Å². The standard InChI is InChI=1S/C24H20N5O.C5H8NO.Nb/c1-17-14-18(28-24-21-7-2-3-8-22(21)25-16-26-24)9-10-23(17)30-20-11-13-29-19(15-20)6-4-5-12-27-29;1-5(2)3-7-4-6-5;/h3,6-16H,4-5H2,1H3,(H,25,26,28);3H2,1-2H3;/q2*-1;+2. The molecule has 2 aromatic carbocycles. The molecular weight excluding hydrogens is 557 g/mol. The van der Waals surface area contributed by atoms with Crippen molar-refractivity contribution in [2.24, 2.45) is 10.1 Å². The molecule has 1 N–H and O–H groups in total. The molecule has 1 radical (unpaired) electrons. The molecule has 0 saturated carbocycles. The second-order valence-electron chi connectivity index (χ2n) is 9.39. The monoisotopic (exact) mass is 585 g/mol. The Hall–Kier alpha value is -3.72.